The third-order valence-electron chi connectivity index (χ3n) is 3.72. The number of likely N-dealkylation sites (N-methyl/N-ethyl adjacent to an activating group) is 1. The monoisotopic (exact) mass is 325 g/mol. The lowest BCUT2D eigenvalue weighted by molar-refractivity contribution is -0.129. The Labute approximate surface area is 139 Å². The van der Waals surface area contributed by atoms with E-state index in [0.717, 1.165) is 16.6 Å². The molecule has 0 aliphatic rings. The quantitative estimate of drug-likeness (QED) is 0.774. The summed E-state index contributed by atoms with van der Waals surface area (Å²) >= 11 is 0. The molecule has 2 aromatic heterocycles. The molecule has 3 aromatic rings. The fourth-order valence-electron chi connectivity index (χ4n) is 2.44. The first-order chi connectivity index (χ1) is 11.5. The Bertz CT molecular complexity index is 864. The highest BCUT2D eigenvalue weighted by molar-refractivity contribution is 5.94. The van der Waals surface area contributed by atoms with Crippen molar-refractivity contribution in [2.45, 2.75) is 13.1 Å². The van der Waals surface area contributed by atoms with Gasteiger partial charge < -0.3 is 14.8 Å². The summed E-state index contributed by atoms with van der Waals surface area (Å²) in [5, 5.41) is 7.84. The summed E-state index contributed by atoms with van der Waals surface area (Å²) < 4.78 is 3.46. The van der Waals surface area contributed by atoms with Crippen molar-refractivity contribution in [1.29, 1.82) is 0 Å². The molecule has 0 spiro atoms. The molecule has 0 unspecified atom stereocenters. The maximum atomic E-state index is 12.0. The molecule has 0 radical (unpaired) electrons. The highest BCUT2D eigenvalue weighted by Crippen LogP contribution is 2.20. The van der Waals surface area contributed by atoms with Gasteiger partial charge in [0, 0.05) is 49.3 Å². The minimum absolute atomic E-state index is 0.0316. The number of hydrogen-bond acceptors (Lipinski definition) is 3. The number of rotatable bonds is 5. The van der Waals surface area contributed by atoms with Crippen molar-refractivity contribution in [2.75, 3.05) is 19.4 Å². The molecule has 2 heterocycles. The number of benzene rings is 1. The topological polar surface area (TPSA) is 72.2 Å². The molecule has 0 aliphatic heterocycles. The van der Waals surface area contributed by atoms with Gasteiger partial charge in [0.15, 0.2) is 0 Å². The predicted octanol–water partition coefficient (Wildman–Crippen LogP) is 1.56. The standard InChI is InChI=1S/C17H19N5O2/c1-20(2)17(24)12-21-9-6-13-10-14(4-5-15(13)21)19-16(23)11-22-8-3-7-18-22/h3-10H,11-12H2,1-2H3,(H,19,23). The largest absolute Gasteiger partial charge is 0.347 e. The molecule has 0 aliphatic carbocycles. The number of aromatic nitrogens is 3. The number of hydrogen-bond donors (Lipinski definition) is 1. The zero-order chi connectivity index (χ0) is 17.1. The number of carbonyl (C=O) groups is 2. The van der Waals surface area contributed by atoms with Gasteiger partial charge in [-0.25, -0.2) is 0 Å². The molecule has 0 bridgehead atoms. The van der Waals surface area contributed by atoms with E-state index in [1.165, 1.54) is 0 Å². The lowest BCUT2D eigenvalue weighted by Gasteiger charge is -2.12. The van der Waals surface area contributed by atoms with E-state index in [-0.39, 0.29) is 18.4 Å². The van der Waals surface area contributed by atoms with Crippen LogP contribution in [0.1, 0.15) is 0 Å². The van der Waals surface area contributed by atoms with Gasteiger partial charge in [-0.1, -0.05) is 0 Å². The number of carbonyl (C=O) groups excluding carboxylic acids is 2. The predicted molar refractivity (Wildman–Crippen MR) is 91.5 cm³/mol. The van der Waals surface area contributed by atoms with Gasteiger partial charge in [-0.3, -0.25) is 14.3 Å². The third-order valence-corrected chi connectivity index (χ3v) is 3.72. The van der Waals surface area contributed by atoms with E-state index in [2.05, 4.69) is 10.4 Å². The van der Waals surface area contributed by atoms with Crippen molar-refractivity contribution in [1.82, 2.24) is 19.2 Å². The summed E-state index contributed by atoms with van der Waals surface area (Å²) in [7, 11) is 3.47. The van der Waals surface area contributed by atoms with E-state index in [0.29, 0.717) is 6.54 Å². The van der Waals surface area contributed by atoms with Gasteiger partial charge in [-0.15, -0.1) is 0 Å². The van der Waals surface area contributed by atoms with Gasteiger partial charge in [0.05, 0.1) is 0 Å². The van der Waals surface area contributed by atoms with E-state index in [1.807, 2.05) is 35.0 Å². The van der Waals surface area contributed by atoms with Crippen molar-refractivity contribution in [2.24, 2.45) is 0 Å². The summed E-state index contributed by atoms with van der Waals surface area (Å²) in [5.74, 6) is -0.107. The smallest absolute Gasteiger partial charge is 0.246 e. The van der Waals surface area contributed by atoms with Crippen LogP contribution in [0.2, 0.25) is 0 Å². The van der Waals surface area contributed by atoms with E-state index in [1.54, 1.807) is 42.1 Å². The second-order valence-electron chi connectivity index (χ2n) is 5.76. The van der Waals surface area contributed by atoms with E-state index >= 15 is 0 Å². The lowest BCUT2D eigenvalue weighted by Crippen LogP contribution is -2.25. The molecule has 0 fully saturated rings. The van der Waals surface area contributed by atoms with Crippen LogP contribution in [0.4, 0.5) is 5.69 Å². The van der Waals surface area contributed by atoms with Crippen LogP contribution in [-0.2, 0) is 22.7 Å². The molecule has 124 valence electrons. The average molecular weight is 325 g/mol. The molecule has 24 heavy (non-hydrogen) atoms. The van der Waals surface area contributed by atoms with Crippen molar-refractivity contribution in [3.8, 4) is 0 Å². The zero-order valence-corrected chi connectivity index (χ0v) is 13.6. The molecule has 1 aromatic carbocycles. The summed E-state index contributed by atoms with van der Waals surface area (Å²) in [5.41, 5.74) is 1.67. The number of nitrogens with one attached hydrogen (secondary N) is 1. The molecule has 7 nitrogen and oxygen atoms in total. The van der Waals surface area contributed by atoms with Gasteiger partial charge in [0.1, 0.15) is 13.1 Å². The van der Waals surface area contributed by atoms with E-state index < -0.39 is 0 Å². The van der Waals surface area contributed by atoms with E-state index in [4.69, 9.17) is 0 Å². The van der Waals surface area contributed by atoms with Crippen LogP contribution in [0.3, 0.4) is 0 Å². The van der Waals surface area contributed by atoms with Crippen molar-refractivity contribution >= 4 is 28.4 Å². The van der Waals surface area contributed by atoms with Crippen LogP contribution in [0.25, 0.3) is 10.9 Å². The van der Waals surface area contributed by atoms with Crippen molar-refractivity contribution in [3.05, 3.63) is 48.9 Å². The van der Waals surface area contributed by atoms with Gasteiger partial charge in [0.25, 0.3) is 0 Å². The first kappa shape index (κ1) is 15.8. The van der Waals surface area contributed by atoms with Gasteiger partial charge >= 0.3 is 0 Å². The highest BCUT2D eigenvalue weighted by atomic mass is 16.2. The highest BCUT2D eigenvalue weighted by Gasteiger charge is 2.09. The Morgan fingerprint density at radius 1 is 1.17 bits per heavy atom. The van der Waals surface area contributed by atoms with Crippen molar-refractivity contribution < 1.29 is 9.59 Å². The molecule has 2 amide bonds. The van der Waals surface area contributed by atoms with Crippen molar-refractivity contribution in [3.63, 3.8) is 0 Å². The Hall–Kier alpha value is -3.09. The van der Waals surface area contributed by atoms with Crippen LogP contribution < -0.4 is 5.32 Å². The Balaban J connectivity index is 1.72. The van der Waals surface area contributed by atoms with Crippen LogP contribution in [0, 0.1) is 0 Å². The van der Waals surface area contributed by atoms with Crippen LogP contribution in [-0.4, -0.2) is 45.2 Å². The van der Waals surface area contributed by atoms with Gasteiger partial charge in [-0.05, 0) is 30.3 Å². The normalized spacial score (nSPS) is 10.8. The van der Waals surface area contributed by atoms with Gasteiger partial charge in [-0.2, -0.15) is 5.10 Å². The minimum atomic E-state index is -0.139. The SMILES string of the molecule is CN(C)C(=O)Cn1ccc2cc(NC(=O)Cn3cccn3)ccc21. The molecular formula is C17H19N5O2. The van der Waals surface area contributed by atoms with Gasteiger partial charge in [0.2, 0.25) is 11.8 Å². The molecular weight excluding hydrogens is 306 g/mol. The second kappa shape index (κ2) is 6.57. The Kier molecular flexibility index (Phi) is 4.33. The number of amides is 2. The minimum Gasteiger partial charge on any atom is -0.347 e. The average Bonchev–Trinajstić information content (AvgIpc) is 3.17. The van der Waals surface area contributed by atoms with Crippen LogP contribution in [0.5, 0.6) is 0 Å². The first-order valence-corrected chi connectivity index (χ1v) is 7.59. The summed E-state index contributed by atoms with van der Waals surface area (Å²) in [4.78, 5) is 25.4. The maximum Gasteiger partial charge on any atom is 0.246 e. The van der Waals surface area contributed by atoms with Crippen LogP contribution >= 0.6 is 0 Å². The molecule has 0 saturated heterocycles. The zero-order valence-electron chi connectivity index (χ0n) is 13.6. The first-order valence-electron chi connectivity index (χ1n) is 7.59. The second-order valence-corrected chi connectivity index (χ2v) is 5.76. The summed E-state index contributed by atoms with van der Waals surface area (Å²) in [6.07, 6.45) is 5.25. The summed E-state index contributed by atoms with van der Waals surface area (Å²) in [6, 6.07) is 9.34. The molecule has 0 atom stereocenters. The lowest BCUT2D eigenvalue weighted by atomic mass is 10.2. The Morgan fingerprint density at radius 3 is 2.71 bits per heavy atom. The molecule has 7 heteroatoms. The fraction of sp³-hybridized carbons (Fsp3) is 0.235. The molecule has 0 saturated carbocycles. The number of anilines is 1. The maximum absolute atomic E-state index is 12.0. The van der Waals surface area contributed by atoms with Crippen LogP contribution in [0.15, 0.2) is 48.9 Å². The van der Waals surface area contributed by atoms with E-state index in [9.17, 15) is 9.59 Å². The third kappa shape index (κ3) is 3.45. The fourth-order valence-corrected chi connectivity index (χ4v) is 2.44. The Morgan fingerprint density at radius 2 is 2.00 bits per heavy atom. The number of fused-ring (bicyclic) bond motifs is 1. The molecule has 1 N–H and O–H groups in total. The molecule has 3 rings (SSSR count). The summed E-state index contributed by atoms with van der Waals surface area (Å²) in [6.45, 7) is 0.463. The number of nitrogens with zero attached hydrogens (tertiary/aromatic N) is 4.